The SMILES string of the molecule is Cc1nccc2[nH]c(-c3cc4ccccc4nc3N3CCCC(F)(F)CC3)cc(=O)c12. The number of benzene rings is 1. The Kier molecular flexibility index (Phi) is 4.68. The van der Waals surface area contributed by atoms with Gasteiger partial charge in [-0.05, 0) is 31.5 Å². The van der Waals surface area contributed by atoms with Crippen LogP contribution in [0.15, 0.2) is 53.5 Å². The van der Waals surface area contributed by atoms with Gasteiger partial charge in [0.2, 0.25) is 5.92 Å². The summed E-state index contributed by atoms with van der Waals surface area (Å²) >= 11 is 0. The third-order valence-electron chi connectivity index (χ3n) is 5.94. The van der Waals surface area contributed by atoms with E-state index in [1.54, 1.807) is 25.3 Å². The molecule has 4 aromatic rings. The molecule has 0 aliphatic carbocycles. The summed E-state index contributed by atoms with van der Waals surface area (Å²) in [5.74, 6) is -2.04. The quantitative estimate of drug-likeness (QED) is 0.492. The molecule has 5 nitrogen and oxygen atoms in total. The van der Waals surface area contributed by atoms with Crippen molar-refractivity contribution in [1.29, 1.82) is 0 Å². The van der Waals surface area contributed by atoms with Crippen molar-refractivity contribution in [2.24, 2.45) is 0 Å². The summed E-state index contributed by atoms with van der Waals surface area (Å²) in [7, 11) is 0. The summed E-state index contributed by atoms with van der Waals surface area (Å²) in [6, 6.07) is 13.0. The number of pyridine rings is 3. The number of anilines is 1. The molecule has 0 radical (unpaired) electrons. The molecule has 0 bridgehead atoms. The number of rotatable bonds is 2. The minimum atomic E-state index is -2.66. The zero-order valence-corrected chi connectivity index (χ0v) is 17.2. The van der Waals surface area contributed by atoms with Crippen LogP contribution < -0.4 is 10.3 Å². The Hall–Kier alpha value is -3.35. The fraction of sp³-hybridized carbons (Fsp3) is 0.292. The fourth-order valence-corrected chi connectivity index (χ4v) is 4.33. The van der Waals surface area contributed by atoms with Gasteiger partial charge in [0.1, 0.15) is 5.82 Å². The standard InChI is InChI=1S/C24H22F2N4O/c1-15-22-19(7-10-27-15)28-20(14-21(22)31)17-13-16-5-2-3-6-18(16)29-23(17)30-11-4-8-24(25,26)9-12-30/h2-3,5-7,10,13-14H,4,8-9,11-12H2,1H3,(H,28,31). The Morgan fingerprint density at radius 3 is 2.81 bits per heavy atom. The number of halogens is 2. The highest BCUT2D eigenvalue weighted by atomic mass is 19.3. The van der Waals surface area contributed by atoms with Crippen LogP contribution >= 0.6 is 0 Å². The van der Waals surface area contributed by atoms with E-state index in [-0.39, 0.29) is 24.8 Å². The van der Waals surface area contributed by atoms with Gasteiger partial charge in [-0.1, -0.05) is 18.2 Å². The molecule has 1 saturated heterocycles. The number of H-pyrrole nitrogens is 1. The van der Waals surface area contributed by atoms with Gasteiger partial charge < -0.3 is 9.88 Å². The number of hydrogen-bond acceptors (Lipinski definition) is 4. The van der Waals surface area contributed by atoms with Crippen molar-refractivity contribution >= 4 is 27.6 Å². The average Bonchev–Trinajstić information content (AvgIpc) is 2.93. The molecule has 1 aliphatic heterocycles. The monoisotopic (exact) mass is 420 g/mol. The van der Waals surface area contributed by atoms with Crippen molar-refractivity contribution in [2.45, 2.75) is 32.1 Å². The zero-order chi connectivity index (χ0) is 21.6. The van der Waals surface area contributed by atoms with Crippen molar-refractivity contribution in [3.63, 3.8) is 0 Å². The first kappa shape index (κ1) is 19.6. The number of nitrogens with one attached hydrogen (secondary N) is 1. The van der Waals surface area contributed by atoms with Gasteiger partial charge in [-0.25, -0.2) is 13.8 Å². The second-order valence-electron chi connectivity index (χ2n) is 8.11. The van der Waals surface area contributed by atoms with Crippen LogP contribution in [-0.4, -0.2) is 34.0 Å². The van der Waals surface area contributed by atoms with Gasteiger partial charge >= 0.3 is 0 Å². The summed E-state index contributed by atoms with van der Waals surface area (Å²) in [4.78, 5) is 27.2. The second-order valence-corrected chi connectivity index (χ2v) is 8.11. The summed E-state index contributed by atoms with van der Waals surface area (Å²) in [5, 5.41) is 1.48. The number of para-hydroxylation sites is 1. The molecule has 1 aromatic carbocycles. The van der Waals surface area contributed by atoms with Crippen LogP contribution in [0.2, 0.25) is 0 Å². The van der Waals surface area contributed by atoms with E-state index in [9.17, 15) is 13.6 Å². The molecule has 5 rings (SSSR count). The van der Waals surface area contributed by atoms with Crippen LogP contribution in [-0.2, 0) is 0 Å². The second kappa shape index (κ2) is 7.41. The lowest BCUT2D eigenvalue weighted by molar-refractivity contribution is -0.0102. The molecular weight excluding hydrogens is 398 g/mol. The number of aryl methyl sites for hydroxylation is 1. The number of aromatic amines is 1. The number of nitrogens with zero attached hydrogens (tertiary/aromatic N) is 3. The Morgan fingerprint density at radius 2 is 1.94 bits per heavy atom. The normalized spacial score (nSPS) is 16.5. The van der Waals surface area contributed by atoms with Crippen molar-refractivity contribution in [3.8, 4) is 11.3 Å². The van der Waals surface area contributed by atoms with Crippen molar-refractivity contribution < 1.29 is 8.78 Å². The lowest BCUT2D eigenvalue weighted by atomic mass is 10.1. The van der Waals surface area contributed by atoms with Gasteiger partial charge in [-0.15, -0.1) is 0 Å². The average molecular weight is 420 g/mol. The molecule has 4 heterocycles. The predicted octanol–water partition coefficient (Wildman–Crippen LogP) is 5.07. The van der Waals surface area contributed by atoms with Crippen molar-refractivity contribution in [1.82, 2.24) is 15.0 Å². The van der Waals surface area contributed by atoms with Crippen LogP contribution in [0.25, 0.3) is 33.1 Å². The molecule has 0 unspecified atom stereocenters. The van der Waals surface area contributed by atoms with E-state index in [1.807, 2.05) is 35.2 Å². The van der Waals surface area contributed by atoms with E-state index >= 15 is 0 Å². The van der Waals surface area contributed by atoms with Crippen LogP contribution in [0.5, 0.6) is 0 Å². The Morgan fingerprint density at radius 1 is 1.10 bits per heavy atom. The van der Waals surface area contributed by atoms with Gasteiger partial charge in [0, 0.05) is 49.1 Å². The van der Waals surface area contributed by atoms with Gasteiger partial charge in [0.15, 0.2) is 5.43 Å². The molecular formula is C24H22F2N4O. The largest absolute Gasteiger partial charge is 0.356 e. The van der Waals surface area contributed by atoms with E-state index in [2.05, 4.69) is 9.97 Å². The summed E-state index contributed by atoms with van der Waals surface area (Å²) in [6.45, 7) is 2.51. The Bertz CT molecular complexity index is 1350. The highest BCUT2D eigenvalue weighted by Crippen LogP contribution is 2.35. The van der Waals surface area contributed by atoms with E-state index in [0.717, 1.165) is 16.5 Å². The molecule has 0 atom stereocenters. The highest BCUT2D eigenvalue weighted by molar-refractivity contribution is 5.91. The number of fused-ring (bicyclic) bond motifs is 2. The van der Waals surface area contributed by atoms with Crippen LogP contribution in [0.3, 0.4) is 0 Å². The Labute approximate surface area is 177 Å². The molecule has 0 spiro atoms. The number of hydrogen-bond donors (Lipinski definition) is 1. The van der Waals surface area contributed by atoms with E-state index in [4.69, 9.17) is 4.98 Å². The highest BCUT2D eigenvalue weighted by Gasteiger charge is 2.32. The molecule has 31 heavy (non-hydrogen) atoms. The molecule has 3 aromatic heterocycles. The molecule has 1 aliphatic rings. The van der Waals surface area contributed by atoms with Gasteiger partial charge in [-0.2, -0.15) is 0 Å². The molecule has 0 saturated carbocycles. The van der Waals surface area contributed by atoms with Gasteiger partial charge in [-0.3, -0.25) is 9.78 Å². The van der Waals surface area contributed by atoms with Gasteiger partial charge in [0.05, 0.1) is 27.8 Å². The lowest BCUT2D eigenvalue weighted by Gasteiger charge is -2.25. The predicted molar refractivity (Wildman–Crippen MR) is 119 cm³/mol. The van der Waals surface area contributed by atoms with Crippen molar-refractivity contribution in [2.75, 3.05) is 18.0 Å². The third-order valence-corrected chi connectivity index (χ3v) is 5.94. The first-order valence-corrected chi connectivity index (χ1v) is 10.4. The lowest BCUT2D eigenvalue weighted by Crippen LogP contribution is -2.27. The molecule has 0 amide bonds. The zero-order valence-electron chi connectivity index (χ0n) is 17.2. The van der Waals surface area contributed by atoms with E-state index in [0.29, 0.717) is 41.1 Å². The summed E-state index contributed by atoms with van der Waals surface area (Å²) < 4.78 is 28.0. The van der Waals surface area contributed by atoms with Crippen molar-refractivity contribution in [3.05, 3.63) is 64.6 Å². The maximum Gasteiger partial charge on any atom is 0.249 e. The van der Waals surface area contributed by atoms with Crippen LogP contribution in [0.1, 0.15) is 25.0 Å². The molecule has 7 heteroatoms. The number of aromatic nitrogens is 3. The van der Waals surface area contributed by atoms with E-state index in [1.165, 1.54) is 0 Å². The topological polar surface area (TPSA) is 61.9 Å². The third kappa shape index (κ3) is 3.65. The smallest absolute Gasteiger partial charge is 0.249 e. The van der Waals surface area contributed by atoms with E-state index < -0.39 is 5.92 Å². The molecule has 1 fully saturated rings. The molecule has 158 valence electrons. The van der Waals surface area contributed by atoms with Crippen LogP contribution in [0, 0.1) is 6.92 Å². The Balaban J connectivity index is 1.72. The number of alkyl halides is 2. The first-order valence-electron chi connectivity index (χ1n) is 10.4. The summed E-state index contributed by atoms with van der Waals surface area (Å²) in [6.07, 6.45) is 1.72. The maximum atomic E-state index is 14.0. The maximum absolute atomic E-state index is 14.0. The molecule has 1 N–H and O–H groups in total. The summed E-state index contributed by atoms with van der Waals surface area (Å²) in [5.41, 5.74) is 3.37. The first-order chi connectivity index (χ1) is 14.9. The van der Waals surface area contributed by atoms with Crippen LogP contribution in [0.4, 0.5) is 14.6 Å². The minimum absolute atomic E-state index is 0.120. The van der Waals surface area contributed by atoms with Gasteiger partial charge in [0.25, 0.3) is 0 Å². The fourth-order valence-electron chi connectivity index (χ4n) is 4.33. The minimum Gasteiger partial charge on any atom is -0.356 e.